The van der Waals surface area contributed by atoms with E-state index < -0.39 is 16.1 Å². The fourth-order valence-electron chi connectivity index (χ4n) is 6.49. The summed E-state index contributed by atoms with van der Waals surface area (Å²) in [4.78, 5) is 32.6. The Morgan fingerprint density at radius 3 is 2.35 bits per heavy atom. The van der Waals surface area contributed by atoms with Gasteiger partial charge < -0.3 is 20.7 Å². The molecule has 52 heavy (non-hydrogen) atoms. The lowest BCUT2D eigenvalue weighted by atomic mass is 9.96. The second kappa shape index (κ2) is 17.5. The molecule has 6 rings (SSSR count). The molecule has 0 aliphatic carbocycles. The van der Waals surface area contributed by atoms with E-state index in [-0.39, 0.29) is 76.5 Å². The molecule has 2 saturated heterocycles. The zero-order valence-electron chi connectivity index (χ0n) is 28.3. The monoisotopic (exact) mass is 808 g/mol. The number of hydrogen-bond donors (Lipinski definition) is 3. The Balaban J connectivity index is 0.00000302. The number of sulfonamides is 1. The number of rotatable bonds is 10. The number of fused-ring (bicyclic) bond motifs is 1. The number of nitrogens with zero attached hydrogens (tertiary/aromatic N) is 3. The van der Waals surface area contributed by atoms with Gasteiger partial charge in [0, 0.05) is 59.0 Å². The molecule has 2 aliphatic heterocycles. The van der Waals surface area contributed by atoms with Gasteiger partial charge in [-0.3, -0.25) is 15.0 Å². The van der Waals surface area contributed by atoms with Crippen molar-refractivity contribution in [2.75, 3.05) is 26.2 Å². The molecule has 2 aliphatic rings. The van der Waals surface area contributed by atoms with Crippen LogP contribution < -0.4 is 15.8 Å². The molecule has 0 saturated carbocycles. The van der Waals surface area contributed by atoms with Crippen LogP contribution in [0.1, 0.15) is 52.9 Å². The van der Waals surface area contributed by atoms with Gasteiger partial charge in [-0.2, -0.15) is 4.31 Å². The Bertz CT molecular complexity index is 2060. The highest BCUT2D eigenvalue weighted by molar-refractivity contribution is 7.89. The summed E-state index contributed by atoms with van der Waals surface area (Å²) in [6.07, 6.45) is 2.31. The average molecular weight is 811 g/mol. The summed E-state index contributed by atoms with van der Waals surface area (Å²) in [5.74, 6) is 0.150. The number of amidine groups is 1. The van der Waals surface area contributed by atoms with Crippen LogP contribution in [0.25, 0.3) is 10.9 Å². The average Bonchev–Trinajstić information content (AvgIpc) is 3.62. The Labute approximate surface area is 325 Å². The number of piperidine rings is 1. The predicted octanol–water partition coefficient (Wildman–Crippen LogP) is 6.38. The smallest absolute Gasteiger partial charge is 0.253 e. The molecule has 2 amide bonds. The molecule has 1 atom stereocenters. The van der Waals surface area contributed by atoms with E-state index in [9.17, 15) is 18.0 Å². The lowest BCUT2D eigenvalue weighted by Gasteiger charge is -2.32. The Morgan fingerprint density at radius 2 is 1.65 bits per heavy atom. The van der Waals surface area contributed by atoms with E-state index >= 15 is 0 Å². The van der Waals surface area contributed by atoms with Gasteiger partial charge in [0.2, 0.25) is 15.9 Å². The van der Waals surface area contributed by atoms with Gasteiger partial charge in [-0.1, -0.05) is 53.5 Å². The predicted molar refractivity (Wildman–Crippen MR) is 208 cm³/mol. The lowest BCUT2D eigenvalue weighted by Crippen LogP contribution is -2.48. The van der Waals surface area contributed by atoms with Crippen LogP contribution in [0.2, 0.25) is 10.0 Å². The number of nitrogen functional groups attached to an aromatic ring is 1. The first-order valence-corrected chi connectivity index (χ1v) is 18.6. The minimum atomic E-state index is -4.17. The van der Waals surface area contributed by atoms with Crippen molar-refractivity contribution in [1.82, 2.24) is 19.5 Å². The number of nitrogens with one attached hydrogen (secondary N) is 2. The number of carbonyl (C=O) groups excluding carboxylic acids is 2. The van der Waals surface area contributed by atoms with Crippen LogP contribution in [-0.2, 0) is 21.4 Å². The molecule has 16 heteroatoms. The lowest BCUT2D eigenvalue weighted by molar-refractivity contribution is -0.124. The van der Waals surface area contributed by atoms with E-state index in [1.807, 2.05) is 31.2 Å². The number of hydrogen-bond acceptors (Lipinski definition) is 7. The third-order valence-electron chi connectivity index (χ3n) is 9.35. The van der Waals surface area contributed by atoms with E-state index in [2.05, 4.69) is 10.3 Å². The number of benzene rings is 3. The van der Waals surface area contributed by atoms with Crippen LogP contribution in [0.4, 0.5) is 0 Å². The number of aromatic nitrogens is 1. The fourth-order valence-corrected chi connectivity index (χ4v) is 9.01. The van der Waals surface area contributed by atoms with Gasteiger partial charge >= 0.3 is 0 Å². The number of pyridine rings is 1. The van der Waals surface area contributed by atoms with Crippen molar-refractivity contribution in [3.8, 4) is 5.75 Å². The summed E-state index contributed by atoms with van der Waals surface area (Å²) in [6, 6.07) is 18.0. The van der Waals surface area contributed by atoms with E-state index in [4.69, 9.17) is 39.1 Å². The first kappa shape index (κ1) is 41.1. The minimum absolute atomic E-state index is 0. The number of likely N-dealkylation sites (tertiary alicyclic amines) is 1. The van der Waals surface area contributed by atoms with Crippen molar-refractivity contribution in [3.05, 3.63) is 99.2 Å². The van der Waals surface area contributed by atoms with Crippen molar-refractivity contribution in [2.45, 2.75) is 50.2 Å². The molecule has 4 N–H and O–H groups in total. The number of carbonyl (C=O) groups is 2. The molecule has 0 unspecified atom stereocenters. The highest BCUT2D eigenvalue weighted by Gasteiger charge is 2.41. The van der Waals surface area contributed by atoms with Crippen molar-refractivity contribution < 1.29 is 22.7 Å². The molecule has 0 radical (unpaired) electrons. The van der Waals surface area contributed by atoms with Gasteiger partial charge in [-0.25, -0.2) is 13.4 Å². The van der Waals surface area contributed by atoms with Crippen LogP contribution in [0, 0.1) is 18.3 Å². The number of aryl methyl sites for hydroxylation is 1. The molecule has 11 nitrogen and oxygen atoms in total. The van der Waals surface area contributed by atoms with Crippen LogP contribution in [-0.4, -0.2) is 72.5 Å². The molecular weight excluding hydrogens is 770 g/mol. The molecule has 0 spiro atoms. The van der Waals surface area contributed by atoms with E-state index in [1.54, 1.807) is 35.2 Å². The standard InChI is InChI=1S/C36H38Cl2N6O5S.2ClH/c1-22-7-8-24-4-2-6-30(33(24)42-22)49-21-27-28(37)13-14-31(32(27)38)50(47,48)44-17-3-5-29(44)35(45)41-20-23-15-18-43(19-16-23)36(46)26-11-9-25(10-12-26)34(39)40;;/h2,4,6-14,23,29H,3,5,15-21H2,1H3,(H3,39,40)(H,41,45);2*1H/t29-;;/m0../s1. The molecular formula is C36H40Cl4N6O5S. The highest BCUT2D eigenvalue weighted by Crippen LogP contribution is 2.36. The van der Waals surface area contributed by atoms with Crippen LogP contribution in [0.15, 0.2) is 71.6 Å². The maximum atomic E-state index is 14.0. The number of para-hydroxylation sites is 1. The number of halogens is 4. The topological polar surface area (TPSA) is 159 Å². The summed E-state index contributed by atoms with van der Waals surface area (Å²) in [6.45, 7) is 3.43. The Morgan fingerprint density at radius 1 is 0.962 bits per heavy atom. The van der Waals surface area contributed by atoms with Crippen molar-refractivity contribution in [2.24, 2.45) is 11.7 Å². The van der Waals surface area contributed by atoms with Gasteiger partial charge in [0.05, 0.1) is 5.02 Å². The summed E-state index contributed by atoms with van der Waals surface area (Å²) in [5, 5.41) is 11.6. The molecule has 1 aromatic heterocycles. The number of amides is 2. The maximum Gasteiger partial charge on any atom is 0.253 e. The Kier molecular flexibility index (Phi) is 13.8. The number of ether oxygens (including phenoxy) is 1. The van der Waals surface area contributed by atoms with E-state index in [1.165, 1.54) is 16.4 Å². The molecule has 2 fully saturated rings. The summed E-state index contributed by atoms with van der Waals surface area (Å²) in [5.41, 5.74) is 8.42. The normalized spacial score (nSPS) is 16.5. The third kappa shape index (κ3) is 8.75. The molecule has 0 bridgehead atoms. The largest absolute Gasteiger partial charge is 0.487 e. The van der Waals surface area contributed by atoms with Crippen LogP contribution in [0.5, 0.6) is 5.75 Å². The van der Waals surface area contributed by atoms with Crippen LogP contribution >= 0.6 is 48.0 Å². The highest BCUT2D eigenvalue weighted by atomic mass is 35.5. The van der Waals surface area contributed by atoms with Gasteiger partial charge in [-0.05, 0) is 74.9 Å². The van der Waals surface area contributed by atoms with Gasteiger partial charge in [0.1, 0.15) is 34.6 Å². The van der Waals surface area contributed by atoms with Crippen molar-refractivity contribution in [3.63, 3.8) is 0 Å². The number of nitrogens with two attached hydrogens (primary N) is 1. The van der Waals surface area contributed by atoms with Gasteiger partial charge in [0.15, 0.2) is 0 Å². The quantitative estimate of drug-likeness (QED) is 0.124. The SMILES string of the molecule is Cc1ccc2cccc(OCc3c(Cl)ccc(S(=O)(=O)N4CCC[C@H]4C(=O)NCC4CCN(C(=O)c5ccc(C(=N)N)cc5)CC4)c3Cl)c2n1.Cl.Cl. The fraction of sp³-hybridized carbons (Fsp3) is 0.333. The van der Waals surface area contributed by atoms with Gasteiger partial charge in [0.25, 0.3) is 5.91 Å². The summed E-state index contributed by atoms with van der Waals surface area (Å²) >= 11 is 13.2. The summed E-state index contributed by atoms with van der Waals surface area (Å²) in [7, 11) is -4.17. The van der Waals surface area contributed by atoms with E-state index in [0.717, 1.165) is 11.1 Å². The first-order valence-electron chi connectivity index (χ1n) is 16.4. The second-order valence-electron chi connectivity index (χ2n) is 12.7. The zero-order chi connectivity index (χ0) is 35.6. The molecule has 3 aromatic carbocycles. The van der Waals surface area contributed by atoms with Crippen molar-refractivity contribution >= 4 is 86.6 Å². The van der Waals surface area contributed by atoms with Crippen molar-refractivity contribution in [1.29, 1.82) is 5.41 Å². The third-order valence-corrected chi connectivity index (χ3v) is 12.2. The molecule has 3 heterocycles. The summed E-state index contributed by atoms with van der Waals surface area (Å²) < 4.78 is 35.3. The van der Waals surface area contributed by atoms with Crippen LogP contribution in [0.3, 0.4) is 0 Å². The molecule has 4 aromatic rings. The minimum Gasteiger partial charge on any atom is -0.487 e. The second-order valence-corrected chi connectivity index (χ2v) is 15.3. The van der Waals surface area contributed by atoms with Gasteiger partial charge in [-0.15, -0.1) is 24.8 Å². The maximum absolute atomic E-state index is 14.0. The first-order chi connectivity index (χ1) is 23.9. The zero-order valence-corrected chi connectivity index (χ0v) is 32.3. The molecule has 278 valence electrons. The van der Waals surface area contributed by atoms with E-state index in [0.29, 0.717) is 73.3 Å². The Hall–Kier alpha value is -3.65.